The first-order valence-electron chi connectivity index (χ1n) is 7.83. The molecule has 0 unspecified atom stereocenters. The molecule has 0 aliphatic rings. The Balaban J connectivity index is -0.000000579. The van der Waals surface area contributed by atoms with Crippen molar-refractivity contribution in [1.29, 1.82) is 0 Å². The molecule has 0 amide bonds. The molecular formula is C14H39N5. The average molecular weight is 278 g/mol. The Labute approximate surface area is 121 Å². The third-order valence-corrected chi connectivity index (χ3v) is 2.06. The molecule has 0 fully saturated rings. The van der Waals surface area contributed by atoms with E-state index in [1.807, 2.05) is 41.8 Å². The standard InChI is InChI=1S/C10H27N5.2C2H6/c1-11-3-5-13-7-9-15-10-8-14-6-4-12-2;2*1-2/h11-15H,3-10H2,1-2H3;2*1-2H3. The summed E-state index contributed by atoms with van der Waals surface area (Å²) in [5.74, 6) is 0. The zero-order chi connectivity index (χ0) is 15.2. The molecule has 0 bridgehead atoms. The molecule has 5 N–H and O–H groups in total. The van der Waals surface area contributed by atoms with Crippen molar-refractivity contribution in [3.8, 4) is 0 Å². The van der Waals surface area contributed by atoms with Crippen LogP contribution in [-0.2, 0) is 0 Å². The van der Waals surface area contributed by atoms with Crippen molar-refractivity contribution in [3.63, 3.8) is 0 Å². The minimum atomic E-state index is 1.03. The van der Waals surface area contributed by atoms with Gasteiger partial charge in [0.1, 0.15) is 0 Å². The zero-order valence-electron chi connectivity index (χ0n) is 14.2. The van der Waals surface area contributed by atoms with Crippen LogP contribution >= 0.6 is 0 Å². The molecule has 0 saturated carbocycles. The van der Waals surface area contributed by atoms with Crippen molar-refractivity contribution < 1.29 is 0 Å². The van der Waals surface area contributed by atoms with Crippen molar-refractivity contribution in [2.75, 3.05) is 66.5 Å². The van der Waals surface area contributed by atoms with E-state index in [-0.39, 0.29) is 0 Å². The van der Waals surface area contributed by atoms with Crippen molar-refractivity contribution in [1.82, 2.24) is 26.6 Å². The highest BCUT2D eigenvalue weighted by molar-refractivity contribution is 4.55. The van der Waals surface area contributed by atoms with Crippen molar-refractivity contribution in [3.05, 3.63) is 0 Å². The minimum absolute atomic E-state index is 1.03. The molecule has 5 heteroatoms. The van der Waals surface area contributed by atoms with Crippen molar-refractivity contribution in [2.45, 2.75) is 27.7 Å². The first-order valence-corrected chi connectivity index (χ1v) is 7.83. The van der Waals surface area contributed by atoms with Crippen LogP contribution in [0.15, 0.2) is 0 Å². The molecule has 120 valence electrons. The van der Waals surface area contributed by atoms with Crippen LogP contribution in [0.2, 0.25) is 0 Å². The summed E-state index contributed by atoms with van der Waals surface area (Å²) in [6, 6.07) is 0. The first-order chi connectivity index (χ1) is 9.41. The van der Waals surface area contributed by atoms with Gasteiger partial charge in [-0.3, -0.25) is 0 Å². The van der Waals surface area contributed by atoms with Crippen LogP contribution in [0.4, 0.5) is 0 Å². The van der Waals surface area contributed by atoms with Crippen LogP contribution in [0.25, 0.3) is 0 Å². The largest absolute Gasteiger partial charge is 0.318 e. The number of hydrogen-bond donors (Lipinski definition) is 5. The van der Waals surface area contributed by atoms with Crippen LogP contribution in [-0.4, -0.2) is 66.5 Å². The lowest BCUT2D eigenvalue weighted by molar-refractivity contribution is 0.571. The van der Waals surface area contributed by atoms with Crippen LogP contribution in [0, 0.1) is 0 Å². The summed E-state index contributed by atoms with van der Waals surface area (Å²) in [4.78, 5) is 0. The highest BCUT2D eigenvalue weighted by Crippen LogP contribution is 1.62. The summed E-state index contributed by atoms with van der Waals surface area (Å²) in [6.45, 7) is 16.3. The molecule has 5 nitrogen and oxygen atoms in total. The van der Waals surface area contributed by atoms with Crippen LogP contribution in [0.1, 0.15) is 27.7 Å². The molecule has 0 heterocycles. The van der Waals surface area contributed by atoms with E-state index < -0.39 is 0 Å². The van der Waals surface area contributed by atoms with Gasteiger partial charge in [-0.1, -0.05) is 27.7 Å². The summed E-state index contributed by atoms with van der Waals surface area (Å²) >= 11 is 0. The number of rotatable bonds is 12. The van der Waals surface area contributed by atoms with Gasteiger partial charge in [-0.2, -0.15) is 0 Å². The van der Waals surface area contributed by atoms with E-state index in [0.717, 1.165) is 52.4 Å². The Morgan fingerprint density at radius 3 is 0.842 bits per heavy atom. The molecule has 0 aliphatic heterocycles. The second-order valence-electron chi connectivity index (χ2n) is 3.46. The van der Waals surface area contributed by atoms with E-state index in [9.17, 15) is 0 Å². The second kappa shape index (κ2) is 30.7. The molecule has 19 heavy (non-hydrogen) atoms. The number of hydrogen-bond acceptors (Lipinski definition) is 5. The molecule has 0 rings (SSSR count). The highest BCUT2D eigenvalue weighted by Gasteiger charge is 1.88. The summed E-state index contributed by atoms with van der Waals surface area (Å²) in [7, 11) is 3.94. The molecule has 0 radical (unpaired) electrons. The molecular weight excluding hydrogens is 238 g/mol. The van der Waals surface area contributed by atoms with E-state index in [1.54, 1.807) is 0 Å². The maximum Gasteiger partial charge on any atom is 0.00772 e. The van der Waals surface area contributed by atoms with Gasteiger partial charge in [-0.15, -0.1) is 0 Å². The third kappa shape index (κ3) is 31.9. The molecule has 0 aliphatic carbocycles. The predicted octanol–water partition coefficient (Wildman–Crippen LogP) is 0.246. The van der Waals surface area contributed by atoms with Crippen LogP contribution in [0.5, 0.6) is 0 Å². The Bertz CT molecular complexity index is 100. The number of nitrogens with one attached hydrogen (secondary N) is 5. The Morgan fingerprint density at radius 2 is 0.632 bits per heavy atom. The fourth-order valence-corrected chi connectivity index (χ4v) is 1.16. The van der Waals surface area contributed by atoms with Gasteiger partial charge in [0.25, 0.3) is 0 Å². The van der Waals surface area contributed by atoms with Gasteiger partial charge in [0.15, 0.2) is 0 Å². The fraction of sp³-hybridized carbons (Fsp3) is 1.00. The molecule has 0 aromatic heterocycles. The van der Waals surface area contributed by atoms with Crippen molar-refractivity contribution in [2.24, 2.45) is 0 Å². The van der Waals surface area contributed by atoms with Gasteiger partial charge < -0.3 is 26.6 Å². The molecule has 0 atom stereocenters. The van der Waals surface area contributed by atoms with E-state index in [1.165, 1.54) is 0 Å². The quantitative estimate of drug-likeness (QED) is 0.331. The van der Waals surface area contributed by atoms with E-state index >= 15 is 0 Å². The van der Waals surface area contributed by atoms with Crippen LogP contribution in [0.3, 0.4) is 0 Å². The topological polar surface area (TPSA) is 60.1 Å². The lowest BCUT2D eigenvalue weighted by atomic mass is 10.5. The SMILES string of the molecule is CC.CC.CNCCNCCNCCNCCNC. The summed E-state index contributed by atoms with van der Waals surface area (Å²) in [5.41, 5.74) is 0. The lowest BCUT2D eigenvalue weighted by Gasteiger charge is -2.07. The lowest BCUT2D eigenvalue weighted by Crippen LogP contribution is -2.35. The van der Waals surface area contributed by atoms with Gasteiger partial charge in [0.2, 0.25) is 0 Å². The van der Waals surface area contributed by atoms with Crippen molar-refractivity contribution >= 4 is 0 Å². The third-order valence-electron chi connectivity index (χ3n) is 2.06. The molecule has 0 saturated heterocycles. The predicted molar refractivity (Wildman–Crippen MR) is 89.2 cm³/mol. The highest BCUT2D eigenvalue weighted by atomic mass is 15.0. The maximum atomic E-state index is 3.37. The molecule has 0 spiro atoms. The zero-order valence-corrected chi connectivity index (χ0v) is 14.2. The monoisotopic (exact) mass is 277 g/mol. The Kier molecular flexibility index (Phi) is 38.5. The summed E-state index contributed by atoms with van der Waals surface area (Å²) < 4.78 is 0. The molecule has 0 aromatic carbocycles. The van der Waals surface area contributed by atoms with Gasteiger partial charge >= 0.3 is 0 Å². The Morgan fingerprint density at radius 1 is 0.421 bits per heavy atom. The first kappa shape index (κ1) is 23.9. The second-order valence-corrected chi connectivity index (χ2v) is 3.46. The van der Waals surface area contributed by atoms with Crippen LogP contribution < -0.4 is 26.6 Å². The maximum absolute atomic E-state index is 3.37. The Hall–Kier alpha value is -0.200. The molecule has 0 aromatic rings. The van der Waals surface area contributed by atoms with E-state index in [0.29, 0.717) is 0 Å². The summed E-state index contributed by atoms with van der Waals surface area (Å²) in [6.07, 6.45) is 0. The number of likely N-dealkylation sites (N-methyl/N-ethyl adjacent to an activating group) is 2. The summed E-state index contributed by atoms with van der Waals surface area (Å²) in [5, 5.41) is 16.3. The van der Waals surface area contributed by atoms with Gasteiger partial charge in [-0.05, 0) is 14.1 Å². The van der Waals surface area contributed by atoms with Gasteiger partial charge in [0, 0.05) is 52.4 Å². The smallest absolute Gasteiger partial charge is 0.00772 e. The normalized spacial score (nSPS) is 9.16. The van der Waals surface area contributed by atoms with Gasteiger partial charge in [0.05, 0.1) is 0 Å². The minimum Gasteiger partial charge on any atom is -0.318 e. The van der Waals surface area contributed by atoms with E-state index in [2.05, 4.69) is 26.6 Å². The van der Waals surface area contributed by atoms with E-state index in [4.69, 9.17) is 0 Å². The fourth-order valence-electron chi connectivity index (χ4n) is 1.16. The van der Waals surface area contributed by atoms with Gasteiger partial charge in [-0.25, -0.2) is 0 Å². The average Bonchev–Trinajstić information content (AvgIpc) is 2.49.